The van der Waals surface area contributed by atoms with Gasteiger partial charge in [0.25, 0.3) is 0 Å². The molecule has 74 valence electrons. The van der Waals surface area contributed by atoms with Crippen LogP contribution in [0.2, 0.25) is 0 Å². The molecule has 0 unspecified atom stereocenters. The first kappa shape index (κ1) is 9.21. The molecule has 0 fully saturated rings. The van der Waals surface area contributed by atoms with Gasteiger partial charge in [0.15, 0.2) is 0 Å². The first-order valence-electron chi connectivity index (χ1n) is 4.59. The van der Waals surface area contributed by atoms with E-state index in [-0.39, 0.29) is 5.97 Å². The van der Waals surface area contributed by atoms with E-state index in [1.54, 1.807) is 19.1 Å². The normalized spacial score (nSPS) is 16.4. The summed E-state index contributed by atoms with van der Waals surface area (Å²) in [6, 6.07) is 3.51. The Morgan fingerprint density at radius 1 is 1.50 bits per heavy atom. The van der Waals surface area contributed by atoms with Gasteiger partial charge >= 0.3 is 5.97 Å². The van der Waals surface area contributed by atoms with Gasteiger partial charge in [0.05, 0.1) is 11.7 Å². The second-order valence-corrected chi connectivity index (χ2v) is 3.56. The highest BCUT2D eigenvalue weighted by Gasteiger charge is 2.24. The average molecular weight is 192 g/mol. The molecule has 0 saturated heterocycles. The molecule has 3 heteroatoms. The fourth-order valence-electron chi connectivity index (χ4n) is 1.82. The molecule has 3 nitrogen and oxygen atoms in total. The molecular formula is C11H12O3. The Kier molecular flexibility index (Phi) is 2.04. The van der Waals surface area contributed by atoms with E-state index < -0.39 is 6.10 Å². The molecule has 1 atom stereocenters. The number of carbonyl (C=O) groups is 1. The molecule has 1 heterocycles. The maximum atomic E-state index is 11.2. The van der Waals surface area contributed by atoms with Crippen LogP contribution in [0.5, 0.6) is 0 Å². The summed E-state index contributed by atoms with van der Waals surface area (Å²) < 4.78 is 4.92. The monoisotopic (exact) mass is 192 g/mol. The molecule has 1 aliphatic rings. The molecule has 0 spiro atoms. The van der Waals surface area contributed by atoms with Crippen molar-refractivity contribution < 1.29 is 14.6 Å². The highest BCUT2D eigenvalue weighted by molar-refractivity contribution is 5.93. The molecule has 1 aromatic rings. The summed E-state index contributed by atoms with van der Waals surface area (Å²) in [5, 5.41) is 9.48. The van der Waals surface area contributed by atoms with Crippen molar-refractivity contribution in [1.29, 1.82) is 0 Å². The first-order valence-corrected chi connectivity index (χ1v) is 4.59. The molecule has 14 heavy (non-hydrogen) atoms. The van der Waals surface area contributed by atoms with Crippen molar-refractivity contribution in [1.82, 2.24) is 0 Å². The zero-order valence-electron chi connectivity index (χ0n) is 8.20. The molecule has 1 N–H and O–H groups in total. The third kappa shape index (κ3) is 1.21. The van der Waals surface area contributed by atoms with E-state index in [4.69, 9.17) is 4.74 Å². The Labute approximate surface area is 82.3 Å². The summed E-state index contributed by atoms with van der Waals surface area (Å²) in [4.78, 5) is 11.2. The summed E-state index contributed by atoms with van der Waals surface area (Å²) in [5.74, 6) is -0.264. The fourth-order valence-corrected chi connectivity index (χ4v) is 1.82. The van der Waals surface area contributed by atoms with Gasteiger partial charge in [0.1, 0.15) is 6.61 Å². The molecule has 0 aliphatic carbocycles. The van der Waals surface area contributed by atoms with E-state index in [0.29, 0.717) is 12.2 Å². The number of carbonyl (C=O) groups excluding carboxylic acids is 1. The van der Waals surface area contributed by atoms with Gasteiger partial charge in [0, 0.05) is 5.56 Å². The molecule has 0 saturated carbocycles. The van der Waals surface area contributed by atoms with Gasteiger partial charge in [-0.15, -0.1) is 0 Å². The summed E-state index contributed by atoms with van der Waals surface area (Å²) in [7, 11) is 0. The Morgan fingerprint density at radius 2 is 2.21 bits per heavy atom. The standard InChI is InChI=1S/C11H12O3/c1-6-8(7(2)12)3-4-9-10(6)5-14-11(9)13/h3-4,7,12H,5H2,1-2H3/t7-/m1/s1. The van der Waals surface area contributed by atoms with Crippen LogP contribution in [0, 0.1) is 6.92 Å². The Balaban J connectivity index is 2.58. The molecular weight excluding hydrogens is 180 g/mol. The highest BCUT2D eigenvalue weighted by atomic mass is 16.5. The van der Waals surface area contributed by atoms with Crippen molar-refractivity contribution in [2.75, 3.05) is 0 Å². The number of fused-ring (bicyclic) bond motifs is 1. The smallest absolute Gasteiger partial charge is 0.338 e. The van der Waals surface area contributed by atoms with Crippen LogP contribution in [0.4, 0.5) is 0 Å². The molecule has 0 amide bonds. The Hall–Kier alpha value is -1.35. The number of cyclic esters (lactones) is 1. The van der Waals surface area contributed by atoms with Gasteiger partial charge in [-0.3, -0.25) is 0 Å². The Morgan fingerprint density at radius 3 is 2.86 bits per heavy atom. The second-order valence-electron chi connectivity index (χ2n) is 3.56. The molecule has 0 aromatic heterocycles. The van der Waals surface area contributed by atoms with Gasteiger partial charge < -0.3 is 9.84 Å². The number of hydrogen-bond acceptors (Lipinski definition) is 3. The lowest BCUT2D eigenvalue weighted by molar-refractivity contribution is 0.0535. The van der Waals surface area contributed by atoms with Gasteiger partial charge in [-0.1, -0.05) is 6.07 Å². The van der Waals surface area contributed by atoms with Crippen molar-refractivity contribution in [3.63, 3.8) is 0 Å². The van der Waals surface area contributed by atoms with Gasteiger partial charge in [-0.2, -0.15) is 0 Å². The zero-order chi connectivity index (χ0) is 10.3. The molecule has 0 radical (unpaired) electrons. The topological polar surface area (TPSA) is 46.5 Å². The first-order chi connectivity index (χ1) is 6.61. The Bertz CT molecular complexity index is 394. The zero-order valence-corrected chi connectivity index (χ0v) is 8.20. The van der Waals surface area contributed by atoms with Crippen molar-refractivity contribution in [2.45, 2.75) is 26.6 Å². The predicted molar refractivity (Wildman–Crippen MR) is 50.9 cm³/mol. The summed E-state index contributed by atoms with van der Waals surface area (Å²) in [5.41, 5.74) is 3.37. The van der Waals surface area contributed by atoms with E-state index in [0.717, 1.165) is 16.7 Å². The van der Waals surface area contributed by atoms with Gasteiger partial charge in [-0.05, 0) is 31.0 Å². The van der Waals surface area contributed by atoms with Crippen molar-refractivity contribution in [2.24, 2.45) is 0 Å². The predicted octanol–water partition coefficient (Wildman–Crippen LogP) is 1.72. The largest absolute Gasteiger partial charge is 0.457 e. The van der Waals surface area contributed by atoms with Crippen LogP contribution < -0.4 is 0 Å². The highest BCUT2D eigenvalue weighted by Crippen LogP contribution is 2.28. The minimum Gasteiger partial charge on any atom is -0.457 e. The lowest BCUT2D eigenvalue weighted by Crippen LogP contribution is -2.00. The van der Waals surface area contributed by atoms with E-state index >= 15 is 0 Å². The second kappa shape index (κ2) is 3.10. The van der Waals surface area contributed by atoms with E-state index in [1.165, 1.54) is 0 Å². The van der Waals surface area contributed by atoms with Crippen LogP contribution >= 0.6 is 0 Å². The quantitative estimate of drug-likeness (QED) is 0.689. The maximum Gasteiger partial charge on any atom is 0.338 e. The third-order valence-electron chi connectivity index (χ3n) is 2.66. The lowest BCUT2D eigenvalue weighted by atomic mass is 9.96. The minimum absolute atomic E-state index is 0.264. The number of hydrogen-bond donors (Lipinski definition) is 1. The van der Waals surface area contributed by atoms with E-state index in [9.17, 15) is 9.90 Å². The maximum absolute atomic E-state index is 11.2. The van der Waals surface area contributed by atoms with Crippen molar-refractivity contribution in [3.05, 3.63) is 34.4 Å². The third-order valence-corrected chi connectivity index (χ3v) is 2.66. The molecule has 1 aromatic carbocycles. The number of esters is 1. The lowest BCUT2D eigenvalue weighted by Gasteiger charge is -2.10. The summed E-state index contributed by atoms with van der Waals surface area (Å²) in [6.45, 7) is 3.95. The van der Waals surface area contributed by atoms with Crippen LogP contribution in [-0.2, 0) is 11.3 Å². The van der Waals surface area contributed by atoms with Crippen LogP contribution in [0.3, 0.4) is 0 Å². The van der Waals surface area contributed by atoms with Crippen LogP contribution in [0.15, 0.2) is 12.1 Å². The summed E-state index contributed by atoms with van der Waals surface area (Å²) in [6.07, 6.45) is -0.504. The van der Waals surface area contributed by atoms with Gasteiger partial charge in [0.2, 0.25) is 0 Å². The van der Waals surface area contributed by atoms with Crippen molar-refractivity contribution >= 4 is 5.97 Å². The van der Waals surface area contributed by atoms with Gasteiger partial charge in [-0.25, -0.2) is 4.79 Å². The van der Waals surface area contributed by atoms with Crippen LogP contribution in [0.25, 0.3) is 0 Å². The number of benzene rings is 1. The van der Waals surface area contributed by atoms with Crippen LogP contribution in [0.1, 0.15) is 40.1 Å². The summed E-state index contributed by atoms with van der Waals surface area (Å²) >= 11 is 0. The average Bonchev–Trinajstić information content (AvgIpc) is 2.49. The molecule has 2 rings (SSSR count). The molecule has 0 bridgehead atoms. The molecule has 1 aliphatic heterocycles. The SMILES string of the molecule is Cc1c([C@@H](C)O)ccc2c1COC2=O. The number of rotatable bonds is 1. The van der Waals surface area contributed by atoms with E-state index in [2.05, 4.69) is 0 Å². The number of aliphatic hydroxyl groups is 1. The van der Waals surface area contributed by atoms with E-state index in [1.807, 2.05) is 6.92 Å². The number of ether oxygens (including phenoxy) is 1. The van der Waals surface area contributed by atoms with Crippen molar-refractivity contribution in [3.8, 4) is 0 Å². The number of aliphatic hydroxyl groups excluding tert-OH is 1. The minimum atomic E-state index is -0.504. The van der Waals surface area contributed by atoms with Crippen LogP contribution in [-0.4, -0.2) is 11.1 Å². The fraction of sp³-hybridized carbons (Fsp3) is 0.364.